The summed E-state index contributed by atoms with van der Waals surface area (Å²) in [6.07, 6.45) is 1.04. The van der Waals surface area contributed by atoms with Gasteiger partial charge in [-0.2, -0.15) is 0 Å². The second-order valence-corrected chi connectivity index (χ2v) is 10.0. The number of fused-ring (bicyclic) bond motifs is 1. The molecule has 1 aliphatic rings. The smallest absolute Gasteiger partial charge is 0.433 e. The lowest BCUT2D eigenvalue weighted by Crippen LogP contribution is -2.12. The third-order valence-electron chi connectivity index (χ3n) is 3.50. The standard InChI is InChI=1S/C18H15N3O3S4/c22-18(23-8-10-26-28-15-3-1-2-6-19-15)24-12-4-5-13-14(11-12)27-17(21-13)16-20-7-9-25-16/h1-6,11H,7-10H2. The molecule has 0 saturated carbocycles. The van der Waals surface area contributed by atoms with Crippen molar-refractivity contribution < 1.29 is 14.3 Å². The molecular weight excluding hydrogens is 434 g/mol. The molecule has 0 amide bonds. The van der Waals surface area contributed by atoms with Crippen LogP contribution in [0.4, 0.5) is 4.79 Å². The highest BCUT2D eigenvalue weighted by atomic mass is 33.1. The Morgan fingerprint density at radius 3 is 3.04 bits per heavy atom. The predicted molar refractivity (Wildman–Crippen MR) is 118 cm³/mol. The van der Waals surface area contributed by atoms with Gasteiger partial charge in [-0.05, 0) is 35.1 Å². The van der Waals surface area contributed by atoms with Crippen LogP contribution in [0.1, 0.15) is 5.01 Å². The number of pyridine rings is 1. The van der Waals surface area contributed by atoms with Crippen LogP contribution >= 0.6 is 44.7 Å². The summed E-state index contributed by atoms with van der Waals surface area (Å²) < 4.78 is 11.4. The van der Waals surface area contributed by atoms with Gasteiger partial charge in [-0.15, -0.1) is 23.1 Å². The number of hydrogen-bond donors (Lipinski definition) is 0. The van der Waals surface area contributed by atoms with E-state index in [2.05, 4.69) is 15.0 Å². The number of hydrogen-bond acceptors (Lipinski definition) is 10. The summed E-state index contributed by atoms with van der Waals surface area (Å²) in [5.41, 5.74) is 0.874. The molecule has 3 aromatic rings. The molecule has 0 spiro atoms. The number of ether oxygens (including phenoxy) is 2. The van der Waals surface area contributed by atoms with Crippen LogP contribution in [0.15, 0.2) is 52.6 Å². The highest BCUT2D eigenvalue weighted by Crippen LogP contribution is 2.31. The van der Waals surface area contributed by atoms with E-state index in [-0.39, 0.29) is 6.61 Å². The van der Waals surface area contributed by atoms with E-state index in [9.17, 15) is 4.79 Å². The molecule has 10 heteroatoms. The maximum atomic E-state index is 11.9. The van der Waals surface area contributed by atoms with Crippen molar-refractivity contribution in [1.82, 2.24) is 9.97 Å². The van der Waals surface area contributed by atoms with Gasteiger partial charge < -0.3 is 9.47 Å². The molecule has 1 aliphatic heterocycles. The first kappa shape index (κ1) is 19.6. The SMILES string of the molecule is O=C(OCCSSc1ccccn1)Oc1ccc2nc(C3=NCCS3)sc2c1. The van der Waals surface area contributed by atoms with Crippen LogP contribution in [-0.2, 0) is 4.74 Å². The van der Waals surface area contributed by atoms with Gasteiger partial charge in [0.15, 0.2) is 0 Å². The van der Waals surface area contributed by atoms with E-state index in [4.69, 9.17) is 9.47 Å². The molecule has 3 heterocycles. The van der Waals surface area contributed by atoms with Crippen molar-refractivity contribution in [3.05, 3.63) is 47.6 Å². The first-order valence-electron chi connectivity index (χ1n) is 8.41. The molecule has 0 saturated heterocycles. The van der Waals surface area contributed by atoms with E-state index in [1.807, 2.05) is 30.3 Å². The van der Waals surface area contributed by atoms with Crippen LogP contribution in [0.25, 0.3) is 10.2 Å². The summed E-state index contributed by atoms with van der Waals surface area (Å²) in [5.74, 6) is 2.10. The fraction of sp³-hybridized carbons (Fsp3) is 0.222. The number of aliphatic imine (C=N–C) groups is 1. The van der Waals surface area contributed by atoms with Crippen molar-refractivity contribution in [3.63, 3.8) is 0 Å². The van der Waals surface area contributed by atoms with E-state index in [0.29, 0.717) is 11.5 Å². The van der Waals surface area contributed by atoms with Gasteiger partial charge in [0.05, 0.1) is 10.2 Å². The fourth-order valence-electron chi connectivity index (χ4n) is 2.31. The zero-order chi connectivity index (χ0) is 19.2. The van der Waals surface area contributed by atoms with Crippen LogP contribution in [0.5, 0.6) is 5.75 Å². The van der Waals surface area contributed by atoms with Gasteiger partial charge in [-0.1, -0.05) is 16.9 Å². The Balaban J connectivity index is 1.25. The zero-order valence-electron chi connectivity index (χ0n) is 14.6. The number of nitrogens with zero attached hydrogens (tertiary/aromatic N) is 3. The average molecular weight is 450 g/mol. The number of aromatic nitrogens is 2. The summed E-state index contributed by atoms with van der Waals surface area (Å²) in [4.78, 5) is 25.2. The second kappa shape index (κ2) is 9.64. The van der Waals surface area contributed by atoms with Crippen LogP contribution in [-0.4, -0.2) is 45.8 Å². The van der Waals surface area contributed by atoms with Crippen LogP contribution in [0, 0.1) is 0 Å². The van der Waals surface area contributed by atoms with E-state index in [0.717, 1.165) is 37.6 Å². The fourth-order valence-corrected chi connectivity index (χ4v) is 5.94. The lowest BCUT2D eigenvalue weighted by Gasteiger charge is -2.05. The minimum atomic E-state index is -0.705. The van der Waals surface area contributed by atoms with Gasteiger partial charge >= 0.3 is 6.16 Å². The normalized spacial score (nSPS) is 13.5. The summed E-state index contributed by atoms with van der Waals surface area (Å²) in [5, 5.41) is 2.83. The van der Waals surface area contributed by atoms with Crippen molar-refractivity contribution in [2.75, 3.05) is 24.7 Å². The molecular formula is C18H15N3O3S4. The Labute approximate surface area is 177 Å². The molecule has 0 aliphatic carbocycles. The van der Waals surface area contributed by atoms with E-state index in [1.54, 1.807) is 56.9 Å². The molecule has 28 heavy (non-hydrogen) atoms. The van der Waals surface area contributed by atoms with Gasteiger partial charge in [0.25, 0.3) is 0 Å². The summed E-state index contributed by atoms with van der Waals surface area (Å²) in [7, 11) is 3.12. The first-order chi connectivity index (χ1) is 13.8. The molecule has 4 rings (SSSR count). The number of carbonyl (C=O) groups is 1. The van der Waals surface area contributed by atoms with E-state index in [1.165, 1.54) is 0 Å². The van der Waals surface area contributed by atoms with Crippen LogP contribution in [0.2, 0.25) is 0 Å². The molecule has 6 nitrogen and oxygen atoms in total. The first-order valence-corrected chi connectivity index (χ1v) is 12.5. The monoisotopic (exact) mass is 449 g/mol. The van der Waals surface area contributed by atoms with Gasteiger partial charge in [0.2, 0.25) is 0 Å². The Kier molecular flexibility index (Phi) is 6.73. The minimum Gasteiger partial charge on any atom is -0.433 e. The number of benzene rings is 1. The molecule has 0 N–H and O–H groups in total. The predicted octanol–water partition coefficient (Wildman–Crippen LogP) is 5.14. The zero-order valence-corrected chi connectivity index (χ0v) is 17.8. The van der Waals surface area contributed by atoms with Gasteiger partial charge in [0, 0.05) is 30.3 Å². The molecule has 144 valence electrons. The average Bonchev–Trinajstić information content (AvgIpc) is 3.38. The second-order valence-electron chi connectivity index (χ2n) is 5.46. The van der Waals surface area contributed by atoms with E-state index < -0.39 is 6.16 Å². The lowest BCUT2D eigenvalue weighted by atomic mass is 10.3. The molecule has 1 aromatic carbocycles. The third kappa shape index (κ3) is 5.19. The van der Waals surface area contributed by atoms with Crippen molar-refractivity contribution in [2.45, 2.75) is 5.03 Å². The summed E-state index contributed by atoms with van der Waals surface area (Å²) >= 11 is 3.27. The summed E-state index contributed by atoms with van der Waals surface area (Å²) in [6.45, 7) is 1.11. The Morgan fingerprint density at radius 1 is 1.25 bits per heavy atom. The highest BCUT2D eigenvalue weighted by molar-refractivity contribution is 8.76. The van der Waals surface area contributed by atoms with Crippen molar-refractivity contribution >= 4 is 66.1 Å². The van der Waals surface area contributed by atoms with Crippen molar-refractivity contribution in [3.8, 4) is 5.75 Å². The minimum absolute atomic E-state index is 0.271. The molecule has 0 radical (unpaired) electrons. The number of carbonyl (C=O) groups excluding carboxylic acids is 1. The van der Waals surface area contributed by atoms with Crippen molar-refractivity contribution in [1.29, 1.82) is 0 Å². The van der Waals surface area contributed by atoms with Crippen LogP contribution < -0.4 is 4.74 Å². The summed E-state index contributed by atoms with van der Waals surface area (Å²) in [6, 6.07) is 11.1. The maximum absolute atomic E-state index is 11.9. The Hall–Kier alpha value is -1.75. The van der Waals surface area contributed by atoms with Gasteiger partial charge in [-0.25, -0.2) is 14.8 Å². The van der Waals surface area contributed by atoms with E-state index >= 15 is 0 Å². The van der Waals surface area contributed by atoms with Gasteiger partial charge in [-0.3, -0.25) is 4.99 Å². The lowest BCUT2D eigenvalue weighted by molar-refractivity contribution is 0.105. The third-order valence-corrected chi connectivity index (χ3v) is 7.86. The Morgan fingerprint density at radius 2 is 2.21 bits per heavy atom. The number of thioether (sulfide) groups is 1. The molecule has 0 atom stereocenters. The quantitative estimate of drug-likeness (QED) is 0.212. The largest absolute Gasteiger partial charge is 0.513 e. The molecule has 0 bridgehead atoms. The molecule has 0 fully saturated rings. The topological polar surface area (TPSA) is 73.7 Å². The number of thiazole rings is 1. The molecule has 0 unspecified atom stereocenters. The van der Waals surface area contributed by atoms with Gasteiger partial charge in [0.1, 0.15) is 27.4 Å². The van der Waals surface area contributed by atoms with Crippen molar-refractivity contribution in [2.24, 2.45) is 4.99 Å². The Bertz CT molecular complexity index is 994. The number of rotatable bonds is 7. The molecule has 2 aromatic heterocycles. The highest BCUT2D eigenvalue weighted by Gasteiger charge is 2.15. The maximum Gasteiger partial charge on any atom is 0.513 e. The van der Waals surface area contributed by atoms with Crippen LogP contribution in [0.3, 0.4) is 0 Å².